The van der Waals surface area contributed by atoms with Crippen LogP contribution in [0.1, 0.15) is 47.0 Å². The van der Waals surface area contributed by atoms with Crippen molar-refractivity contribution < 1.29 is 33.7 Å². The van der Waals surface area contributed by atoms with Crippen LogP contribution in [-0.4, -0.2) is 41.8 Å². The molecule has 1 heterocycles. The first-order chi connectivity index (χ1) is 14.7. The van der Waals surface area contributed by atoms with Gasteiger partial charge in [0.2, 0.25) is 0 Å². The van der Waals surface area contributed by atoms with Crippen molar-refractivity contribution in [2.75, 3.05) is 6.61 Å². The molecule has 0 aromatic rings. The summed E-state index contributed by atoms with van der Waals surface area (Å²) in [5.41, 5.74) is 2.47. The van der Waals surface area contributed by atoms with E-state index in [1.54, 1.807) is 19.9 Å². The van der Waals surface area contributed by atoms with E-state index in [2.05, 4.69) is 12.7 Å². The second-order valence-electron chi connectivity index (χ2n) is 7.87. The predicted octanol–water partition coefficient (Wildman–Crippen LogP) is 4.02. The molecule has 0 radical (unpaired) electrons. The summed E-state index contributed by atoms with van der Waals surface area (Å²) in [4.78, 5) is 36.8. The topological polar surface area (TPSA) is 99.1 Å². The number of aliphatic hydroxyl groups excluding tert-OH is 1. The molecule has 0 aromatic heterocycles. The quantitative estimate of drug-likeness (QED) is 0.231. The average Bonchev–Trinajstić information content (AvgIpc) is 2.99. The largest absolute Gasteiger partial charge is 0.515 e. The van der Waals surface area contributed by atoms with E-state index < -0.39 is 42.6 Å². The van der Waals surface area contributed by atoms with Crippen LogP contribution in [-0.2, 0) is 28.6 Å². The third-order valence-electron chi connectivity index (χ3n) is 5.46. The molecular formula is C24H30O7. The van der Waals surface area contributed by atoms with Crippen molar-refractivity contribution in [3.63, 3.8) is 0 Å². The van der Waals surface area contributed by atoms with Crippen molar-refractivity contribution in [3.05, 3.63) is 58.9 Å². The summed E-state index contributed by atoms with van der Waals surface area (Å²) in [5, 5.41) is 9.50. The molecule has 1 aliphatic heterocycles. The highest BCUT2D eigenvalue weighted by atomic mass is 16.6. The molecule has 3 atom stereocenters. The van der Waals surface area contributed by atoms with Gasteiger partial charge in [0.15, 0.2) is 0 Å². The Morgan fingerprint density at radius 3 is 2.65 bits per heavy atom. The van der Waals surface area contributed by atoms with E-state index in [0.29, 0.717) is 18.3 Å². The molecule has 1 N–H and O–H groups in total. The summed E-state index contributed by atoms with van der Waals surface area (Å²) in [5.74, 6) is -2.51. The Labute approximate surface area is 182 Å². The lowest BCUT2D eigenvalue weighted by molar-refractivity contribution is -0.148. The standard InChI is InChI=1S/C24H30O7/c1-6-16(4)22(26)29-13-18(12-25)24(28)31-20-11-15(3)9-7-8-14(2)10-19-21(20)17(5)23(27)30-19/h6,9-10,12,19-21,25H,5,7-8,11,13H2,1-4H3. The minimum Gasteiger partial charge on any atom is -0.515 e. The highest BCUT2D eigenvalue weighted by Gasteiger charge is 2.44. The van der Waals surface area contributed by atoms with Gasteiger partial charge in [-0.15, -0.1) is 0 Å². The minimum absolute atomic E-state index is 0.213. The summed E-state index contributed by atoms with van der Waals surface area (Å²) in [7, 11) is 0. The van der Waals surface area contributed by atoms with Gasteiger partial charge in [-0.3, -0.25) is 0 Å². The van der Waals surface area contributed by atoms with Gasteiger partial charge in [0.25, 0.3) is 0 Å². The summed E-state index contributed by atoms with van der Waals surface area (Å²) in [6, 6.07) is 0. The zero-order valence-corrected chi connectivity index (χ0v) is 18.5. The molecule has 168 valence electrons. The molecular weight excluding hydrogens is 400 g/mol. The zero-order chi connectivity index (χ0) is 23.1. The molecule has 1 fully saturated rings. The lowest BCUT2D eigenvalue weighted by Crippen LogP contribution is -2.34. The Morgan fingerprint density at radius 1 is 1.29 bits per heavy atom. The number of carbonyl (C=O) groups excluding carboxylic acids is 3. The first kappa shape index (κ1) is 24.2. The second kappa shape index (κ2) is 10.8. The van der Waals surface area contributed by atoms with E-state index in [1.165, 1.54) is 0 Å². The molecule has 7 heteroatoms. The maximum absolute atomic E-state index is 12.7. The minimum atomic E-state index is -0.838. The van der Waals surface area contributed by atoms with Crippen LogP contribution < -0.4 is 0 Å². The van der Waals surface area contributed by atoms with Gasteiger partial charge in [-0.1, -0.05) is 29.9 Å². The SMILES string of the molecule is C=C1C(=O)OC2C=C(C)CCC=C(C)CC(OC(=O)C(=CO)COC(=O)C(C)=CC)C12. The van der Waals surface area contributed by atoms with Crippen LogP contribution in [0.3, 0.4) is 0 Å². The van der Waals surface area contributed by atoms with Gasteiger partial charge < -0.3 is 19.3 Å². The molecule has 31 heavy (non-hydrogen) atoms. The highest BCUT2D eigenvalue weighted by molar-refractivity contribution is 5.92. The number of hydrogen-bond acceptors (Lipinski definition) is 7. The smallest absolute Gasteiger partial charge is 0.340 e. The van der Waals surface area contributed by atoms with Gasteiger partial charge in [0, 0.05) is 17.6 Å². The Morgan fingerprint density at radius 2 is 2.00 bits per heavy atom. The third-order valence-corrected chi connectivity index (χ3v) is 5.46. The molecule has 0 aromatic carbocycles. The number of carbonyl (C=O) groups is 3. The average molecular weight is 430 g/mol. The van der Waals surface area contributed by atoms with Crippen molar-refractivity contribution in [2.24, 2.45) is 5.92 Å². The molecule has 0 spiro atoms. The Kier molecular flexibility index (Phi) is 8.42. The lowest BCUT2D eigenvalue weighted by Gasteiger charge is -2.27. The lowest BCUT2D eigenvalue weighted by atomic mass is 9.85. The van der Waals surface area contributed by atoms with Crippen molar-refractivity contribution in [1.82, 2.24) is 0 Å². The molecule has 2 aliphatic rings. The molecule has 0 bridgehead atoms. The molecule has 0 saturated carbocycles. The van der Waals surface area contributed by atoms with Crippen molar-refractivity contribution in [2.45, 2.75) is 59.2 Å². The van der Waals surface area contributed by atoms with Crippen LogP contribution in [0.15, 0.2) is 58.9 Å². The fraction of sp³-hybridized carbons (Fsp3) is 0.458. The van der Waals surface area contributed by atoms with Crippen molar-refractivity contribution in [1.29, 1.82) is 0 Å². The van der Waals surface area contributed by atoms with Crippen molar-refractivity contribution in [3.8, 4) is 0 Å². The van der Waals surface area contributed by atoms with E-state index in [-0.39, 0.29) is 11.1 Å². The first-order valence-electron chi connectivity index (χ1n) is 10.2. The maximum Gasteiger partial charge on any atom is 0.340 e. The molecule has 1 saturated heterocycles. The molecule has 3 unspecified atom stereocenters. The fourth-order valence-corrected chi connectivity index (χ4v) is 3.47. The number of fused-ring (bicyclic) bond motifs is 1. The van der Waals surface area contributed by atoms with Gasteiger partial charge in [-0.05, 0) is 46.6 Å². The highest BCUT2D eigenvalue weighted by Crippen LogP contribution is 2.36. The zero-order valence-electron chi connectivity index (χ0n) is 18.5. The number of allylic oxidation sites excluding steroid dienone is 3. The van der Waals surface area contributed by atoms with Gasteiger partial charge >= 0.3 is 17.9 Å². The van der Waals surface area contributed by atoms with Crippen LogP contribution in [0, 0.1) is 5.92 Å². The Balaban J connectivity index is 2.24. The van der Waals surface area contributed by atoms with E-state index in [4.69, 9.17) is 14.2 Å². The monoisotopic (exact) mass is 430 g/mol. The van der Waals surface area contributed by atoms with E-state index in [1.807, 2.05) is 19.9 Å². The number of esters is 3. The third kappa shape index (κ3) is 6.20. The summed E-state index contributed by atoms with van der Waals surface area (Å²) < 4.78 is 16.2. The van der Waals surface area contributed by atoms with Gasteiger partial charge in [-0.2, -0.15) is 0 Å². The van der Waals surface area contributed by atoms with Gasteiger partial charge in [0.05, 0.1) is 12.2 Å². The van der Waals surface area contributed by atoms with Gasteiger partial charge in [0.1, 0.15) is 24.4 Å². The summed E-state index contributed by atoms with van der Waals surface area (Å²) in [6.07, 6.45) is 6.81. The molecule has 0 amide bonds. The second-order valence-corrected chi connectivity index (χ2v) is 7.87. The fourth-order valence-electron chi connectivity index (χ4n) is 3.47. The first-order valence-corrected chi connectivity index (χ1v) is 10.2. The van der Waals surface area contributed by atoms with Crippen LogP contribution in [0.2, 0.25) is 0 Å². The van der Waals surface area contributed by atoms with Crippen molar-refractivity contribution >= 4 is 17.9 Å². The van der Waals surface area contributed by atoms with Crippen LogP contribution in [0.25, 0.3) is 0 Å². The van der Waals surface area contributed by atoms with Crippen LogP contribution >= 0.6 is 0 Å². The molecule has 2 rings (SSSR count). The van der Waals surface area contributed by atoms with Gasteiger partial charge in [-0.25, -0.2) is 14.4 Å². The predicted molar refractivity (Wildman–Crippen MR) is 115 cm³/mol. The maximum atomic E-state index is 12.7. The number of aliphatic hydroxyl groups is 1. The normalized spacial score (nSPS) is 25.1. The summed E-state index contributed by atoms with van der Waals surface area (Å²) in [6.45, 7) is 10.6. The summed E-state index contributed by atoms with van der Waals surface area (Å²) >= 11 is 0. The molecule has 1 aliphatic carbocycles. The number of hydrogen-bond donors (Lipinski definition) is 1. The Bertz CT molecular complexity index is 872. The number of ether oxygens (including phenoxy) is 3. The number of rotatable bonds is 5. The van der Waals surface area contributed by atoms with E-state index in [9.17, 15) is 19.5 Å². The van der Waals surface area contributed by atoms with Crippen LogP contribution in [0.4, 0.5) is 0 Å². The van der Waals surface area contributed by atoms with Crippen LogP contribution in [0.5, 0.6) is 0 Å². The Hall–Kier alpha value is -3.09. The molecule has 7 nitrogen and oxygen atoms in total. The van der Waals surface area contributed by atoms with E-state index >= 15 is 0 Å². The van der Waals surface area contributed by atoms with E-state index in [0.717, 1.165) is 24.0 Å².